The zero-order valence-electron chi connectivity index (χ0n) is 12.1. The van der Waals surface area contributed by atoms with E-state index >= 15 is 0 Å². The zero-order chi connectivity index (χ0) is 15.2. The lowest BCUT2D eigenvalue weighted by Gasteiger charge is -2.16. The predicted octanol–water partition coefficient (Wildman–Crippen LogP) is 1.56. The molecule has 0 unspecified atom stereocenters. The van der Waals surface area contributed by atoms with E-state index in [0.717, 1.165) is 37.1 Å². The SMILES string of the molecule is Cc1ccc(F)cc1CNC(=O)CNC(=O)N1CCCC1. The van der Waals surface area contributed by atoms with Crippen molar-refractivity contribution in [3.63, 3.8) is 0 Å². The van der Waals surface area contributed by atoms with Crippen LogP contribution in [-0.2, 0) is 11.3 Å². The molecule has 1 fully saturated rings. The number of rotatable bonds is 4. The lowest BCUT2D eigenvalue weighted by atomic mass is 10.1. The summed E-state index contributed by atoms with van der Waals surface area (Å²) in [6.45, 7) is 3.54. The number of likely N-dealkylation sites (tertiary alicyclic amines) is 1. The average molecular weight is 293 g/mol. The maximum atomic E-state index is 13.1. The predicted molar refractivity (Wildman–Crippen MR) is 77.2 cm³/mol. The molecule has 2 rings (SSSR count). The second-order valence-electron chi connectivity index (χ2n) is 5.20. The van der Waals surface area contributed by atoms with Gasteiger partial charge in [0.1, 0.15) is 5.82 Å². The molecule has 6 heteroatoms. The number of aryl methyl sites for hydroxylation is 1. The normalized spacial score (nSPS) is 14.1. The highest BCUT2D eigenvalue weighted by Gasteiger charge is 2.17. The average Bonchev–Trinajstić information content (AvgIpc) is 3.00. The summed E-state index contributed by atoms with van der Waals surface area (Å²) in [6.07, 6.45) is 2.02. The van der Waals surface area contributed by atoms with Crippen LogP contribution >= 0.6 is 0 Å². The summed E-state index contributed by atoms with van der Waals surface area (Å²) in [6, 6.07) is 4.26. The molecular weight excluding hydrogens is 273 g/mol. The minimum Gasteiger partial charge on any atom is -0.350 e. The van der Waals surface area contributed by atoms with Gasteiger partial charge >= 0.3 is 6.03 Å². The van der Waals surface area contributed by atoms with Gasteiger partial charge in [-0.05, 0) is 43.0 Å². The molecule has 1 aromatic rings. The Labute approximate surface area is 123 Å². The maximum absolute atomic E-state index is 13.1. The number of halogens is 1. The number of amides is 3. The van der Waals surface area contributed by atoms with Gasteiger partial charge in [0.2, 0.25) is 5.91 Å². The first-order valence-electron chi connectivity index (χ1n) is 7.11. The van der Waals surface area contributed by atoms with Crippen molar-refractivity contribution in [2.45, 2.75) is 26.3 Å². The van der Waals surface area contributed by atoms with Crippen molar-refractivity contribution >= 4 is 11.9 Å². The Morgan fingerprint density at radius 3 is 2.67 bits per heavy atom. The highest BCUT2D eigenvalue weighted by molar-refractivity contribution is 5.84. The van der Waals surface area contributed by atoms with Gasteiger partial charge in [0.05, 0.1) is 6.54 Å². The summed E-state index contributed by atoms with van der Waals surface area (Å²) < 4.78 is 13.1. The number of hydrogen-bond donors (Lipinski definition) is 2. The van der Waals surface area contributed by atoms with E-state index in [-0.39, 0.29) is 30.8 Å². The lowest BCUT2D eigenvalue weighted by molar-refractivity contribution is -0.120. The van der Waals surface area contributed by atoms with Crippen LogP contribution in [0.4, 0.5) is 9.18 Å². The Balaban J connectivity index is 1.74. The molecule has 1 aliphatic rings. The second-order valence-corrected chi connectivity index (χ2v) is 5.20. The van der Waals surface area contributed by atoms with Gasteiger partial charge in [-0.2, -0.15) is 0 Å². The van der Waals surface area contributed by atoms with Crippen LogP contribution in [0.3, 0.4) is 0 Å². The smallest absolute Gasteiger partial charge is 0.317 e. The van der Waals surface area contributed by atoms with Gasteiger partial charge in [-0.3, -0.25) is 4.79 Å². The summed E-state index contributed by atoms with van der Waals surface area (Å²) in [7, 11) is 0. The van der Waals surface area contributed by atoms with Crippen LogP contribution in [-0.4, -0.2) is 36.5 Å². The van der Waals surface area contributed by atoms with Gasteiger partial charge in [0, 0.05) is 19.6 Å². The van der Waals surface area contributed by atoms with Crippen LogP contribution in [0.1, 0.15) is 24.0 Å². The van der Waals surface area contributed by atoms with Gasteiger partial charge in [-0.25, -0.2) is 9.18 Å². The van der Waals surface area contributed by atoms with E-state index in [1.54, 1.807) is 11.0 Å². The van der Waals surface area contributed by atoms with Crippen LogP contribution < -0.4 is 10.6 Å². The fourth-order valence-corrected chi connectivity index (χ4v) is 2.27. The van der Waals surface area contributed by atoms with E-state index in [2.05, 4.69) is 10.6 Å². The fraction of sp³-hybridized carbons (Fsp3) is 0.467. The first kappa shape index (κ1) is 15.3. The van der Waals surface area contributed by atoms with Gasteiger partial charge in [-0.15, -0.1) is 0 Å². The summed E-state index contributed by atoms with van der Waals surface area (Å²) in [5, 5.41) is 5.26. The molecule has 0 atom stereocenters. The van der Waals surface area contributed by atoms with Gasteiger partial charge in [0.15, 0.2) is 0 Å². The van der Waals surface area contributed by atoms with Crippen LogP contribution in [0.25, 0.3) is 0 Å². The van der Waals surface area contributed by atoms with E-state index in [1.807, 2.05) is 6.92 Å². The largest absolute Gasteiger partial charge is 0.350 e. The van der Waals surface area contributed by atoms with Gasteiger partial charge < -0.3 is 15.5 Å². The number of urea groups is 1. The molecule has 0 aromatic heterocycles. The molecule has 1 aliphatic heterocycles. The molecule has 0 aliphatic carbocycles. The molecule has 0 saturated carbocycles. The van der Waals surface area contributed by atoms with E-state index in [9.17, 15) is 14.0 Å². The number of carbonyl (C=O) groups excluding carboxylic acids is 2. The number of nitrogens with one attached hydrogen (secondary N) is 2. The quantitative estimate of drug-likeness (QED) is 0.885. The Bertz CT molecular complexity index is 528. The Hall–Kier alpha value is -2.11. The monoisotopic (exact) mass is 293 g/mol. The van der Waals surface area contributed by atoms with Crippen molar-refractivity contribution in [2.24, 2.45) is 0 Å². The summed E-state index contributed by atoms with van der Waals surface area (Å²) in [5.74, 6) is -0.613. The Kier molecular flexibility index (Phi) is 5.14. The number of hydrogen-bond acceptors (Lipinski definition) is 2. The zero-order valence-corrected chi connectivity index (χ0v) is 12.1. The van der Waals surface area contributed by atoms with Crippen LogP contribution in [0.5, 0.6) is 0 Å². The van der Waals surface area contributed by atoms with Crippen molar-refractivity contribution in [1.29, 1.82) is 0 Å². The molecular formula is C15H20FN3O2. The highest BCUT2D eigenvalue weighted by Crippen LogP contribution is 2.09. The Morgan fingerprint density at radius 1 is 1.24 bits per heavy atom. The second kappa shape index (κ2) is 7.06. The molecule has 2 N–H and O–H groups in total. The molecule has 0 spiro atoms. The number of nitrogens with zero attached hydrogens (tertiary/aromatic N) is 1. The van der Waals surface area contributed by atoms with Crippen molar-refractivity contribution < 1.29 is 14.0 Å². The first-order valence-corrected chi connectivity index (χ1v) is 7.11. The molecule has 3 amide bonds. The third-order valence-corrected chi connectivity index (χ3v) is 3.58. The molecule has 5 nitrogen and oxygen atoms in total. The van der Waals surface area contributed by atoms with Crippen LogP contribution in [0, 0.1) is 12.7 Å². The lowest BCUT2D eigenvalue weighted by Crippen LogP contribution is -2.43. The Morgan fingerprint density at radius 2 is 1.95 bits per heavy atom. The van der Waals surface area contributed by atoms with Crippen LogP contribution in [0.15, 0.2) is 18.2 Å². The van der Waals surface area contributed by atoms with E-state index in [0.29, 0.717) is 0 Å². The maximum Gasteiger partial charge on any atom is 0.317 e. The van der Waals surface area contributed by atoms with Gasteiger partial charge in [0.25, 0.3) is 0 Å². The summed E-state index contributed by atoms with van der Waals surface area (Å²) >= 11 is 0. The third kappa shape index (κ3) is 4.44. The molecule has 1 heterocycles. The standard InChI is InChI=1S/C15H20FN3O2/c1-11-4-5-13(16)8-12(11)9-17-14(20)10-18-15(21)19-6-2-3-7-19/h4-5,8H,2-3,6-7,9-10H2,1H3,(H,17,20)(H,18,21). The van der Waals surface area contributed by atoms with Crippen molar-refractivity contribution in [2.75, 3.05) is 19.6 Å². The minimum absolute atomic E-state index is 0.0658. The highest BCUT2D eigenvalue weighted by atomic mass is 19.1. The third-order valence-electron chi connectivity index (χ3n) is 3.58. The fourth-order valence-electron chi connectivity index (χ4n) is 2.27. The van der Waals surface area contributed by atoms with E-state index in [1.165, 1.54) is 12.1 Å². The van der Waals surface area contributed by atoms with Crippen molar-refractivity contribution in [3.05, 3.63) is 35.1 Å². The molecule has 21 heavy (non-hydrogen) atoms. The molecule has 0 bridgehead atoms. The molecule has 0 radical (unpaired) electrons. The van der Waals surface area contributed by atoms with Gasteiger partial charge in [-0.1, -0.05) is 6.07 Å². The first-order chi connectivity index (χ1) is 10.1. The summed E-state index contributed by atoms with van der Waals surface area (Å²) in [4.78, 5) is 25.1. The summed E-state index contributed by atoms with van der Waals surface area (Å²) in [5.41, 5.74) is 1.65. The topological polar surface area (TPSA) is 61.4 Å². The van der Waals surface area contributed by atoms with E-state index in [4.69, 9.17) is 0 Å². The van der Waals surface area contributed by atoms with E-state index < -0.39 is 0 Å². The number of benzene rings is 1. The molecule has 1 saturated heterocycles. The number of carbonyl (C=O) groups is 2. The van der Waals surface area contributed by atoms with Crippen LogP contribution in [0.2, 0.25) is 0 Å². The van der Waals surface area contributed by atoms with Crippen molar-refractivity contribution in [3.8, 4) is 0 Å². The molecule has 114 valence electrons. The molecule has 1 aromatic carbocycles. The minimum atomic E-state index is -0.327. The van der Waals surface area contributed by atoms with Crippen molar-refractivity contribution in [1.82, 2.24) is 15.5 Å².